The van der Waals surface area contributed by atoms with Crippen molar-refractivity contribution in [1.29, 1.82) is 0 Å². The average molecular weight is 386 g/mol. The fourth-order valence-electron chi connectivity index (χ4n) is 2.33. The summed E-state index contributed by atoms with van der Waals surface area (Å²) in [5.74, 6) is 2.26. The lowest BCUT2D eigenvalue weighted by Gasteiger charge is -2.13. The van der Waals surface area contributed by atoms with Crippen LogP contribution in [0.2, 0.25) is 5.02 Å². The molecular formula is C16H16ClNO2S3. The number of sulfonamides is 1. The van der Waals surface area contributed by atoms with E-state index in [1.165, 1.54) is 6.07 Å². The average Bonchev–Trinajstić information content (AvgIpc) is 3.00. The zero-order chi connectivity index (χ0) is 16.4. The Hall–Kier alpha value is -0.820. The second kappa shape index (κ2) is 6.97. The Morgan fingerprint density at radius 1 is 1.13 bits per heavy atom. The van der Waals surface area contributed by atoms with Gasteiger partial charge in [-0.1, -0.05) is 29.8 Å². The Bertz CT molecular complexity index is 818. The molecule has 2 aromatic carbocycles. The predicted octanol–water partition coefficient (Wildman–Crippen LogP) is 4.93. The molecule has 1 saturated heterocycles. The van der Waals surface area contributed by atoms with Crippen LogP contribution in [-0.4, -0.2) is 19.9 Å². The van der Waals surface area contributed by atoms with Gasteiger partial charge in [0.1, 0.15) is 4.90 Å². The molecule has 0 saturated carbocycles. The number of benzene rings is 2. The maximum absolute atomic E-state index is 12.6. The molecule has 1 fully saturated rings. The number of halogens is 1. The zero-order valence-electron chi connectivity index (χ0n) is 12.5. The third kappa shape index (κ3) is 3.99. The van der Waals surface area contributed by atoms with Crippen LogP contribution in [0.3, 0.4) is 0 Å². The van der Waals surface area contributed by atoms with Crippen molar-refractivity contribution >= 4 is 50.8 Å². The fourth-order valence-corrected chi connectivity index (χ4v) is 6.82. The fraction of sp³-hybridized carbons (Fsp3) is 0.250. The van der Waals surface area contributed by atoms with E-state index in [2.05, 4.69) is 4.72 Å². The van der Waals surface area contributed by atoms with Gasteiger partial charge in [-0.15, -0.1) is 23.5 Å². The number of nitrogens with one attached hydrogen (secondary N) is 1. The highest BCUT2D eigenvalue weighted by Crippen LogP contribution is 2.45. The van der Waals surface area contributed by atoms with Gasteiger partial charge in [-0.25, -0.2) is 8.42 Å². The summed E-state index contributed by atoms with van der Waals surface area (Å²) in [6.45, 7) is 1.87. The van der Waals surface area contributed by atoms with Gasteiger partial charge in [0.05, 0.1) is 9.60 Å². The van der Waals surface area contributed by atoms with Crippen molar-refractivity contribution in [1.82, 2.24) is 0 Å². The second-order valence-corrected chi connectivity index (χ2v) is 10.0. The Morgan fingerprint density at radius 3 is 2.57 bits per heavy atom. The summed E-state index contributed by atoms with van der Waals surface area (Å²) in [5.41, 5.74) is 2.62. The van der Waals surface area contributed by atoms with Gasteiger partial charge in [-0.2, -0.15) is 0 Å². The highest BCUT2D eigenvalue weighted by Gasteiger charge is 2.21. The van der Waals surface area contributed by atoms with E-state index in [0.29, 0.717) is 10.3 Å². The summed E-state index contributed by atoms with van der Waals surface area (Å²) < 4.78 is 28.1. The number of hydrogen-bond donors (Lipinski definition) is 1. The summed E-state index contributed by atoms with van der Waals surface area (Å²) in [7, 11) is -3.70. The molecule has 0 aliphatic carbocycles. The Labute approximate surface area is 150 Å². The summed E-state index contributed by atoms with van der Waals surface area (Å²) in [6, 6.07) is 12.5. The van der Waals surface area contributed by atoms with Crippen molar-refractivity contribution in [2.45, 2.75) is 16.4 Å². The third-order valence-corrected chi connectivity index (χ3v) is 8.38. The van der Waals surface area contributed by atoms with E-state index >= 15 is 0 Å². The normalized spacial score (nSPS) is 15.7. The molecule has 0 bridgehead atoms. The lowest BCUT2D eigenvalue weighted by molar-refractivity contribution is 0.601. The van der Waals surface area contributed by atoms with Gasteiger partial charge in [-0.3, -0.25) is 4.72 Å². The molecule has 0 aromatic heterocycles. The van der Waals surface area contributed by atoms with Crippen molar-refractivity contribution < 1.29 is 8.42 Å². The molecule has 3 nitrogen and oxygen atoms in total. The quantitative estimate of drug-likeness (QED) is 0.810. The molecule has 0 radical (unpaired) electrons. The van der Waals surface area contributed by atoms with Crippen LogP contribution in [0, 0.1) is 6.92 Å². The largest absolute Gasteiger partial charge is 0.280 e. The highest BCUT2D eigenvalue weighted by molar-refractivity contribution is 8.19. The van der Waals surface area contributed by atoms with Gasteiger partial charge in [0.15, 0.2) is 0 Å². The molecule has 1 heterocycles. The molecular weight excluding hydrogens is 370 g/mol. The first-order valence-electron chi connectivity index (χ1n) is 7.08. The smallest absolute Gasteiger partial charge is 0.263 e. The van der Waals surface area contributed by atoms with Crippen LogP contribution in [0.5, 0.6) is 0 Å². The Kier molecular flexibility index (Phi) is 5.16. The van der Waals surface area contributed by atoms with E-state index in [1.54, 1.807) is 18.2 Å². The lowest BCUT2D eigenvalue weighted by Crippen LogP contribution is -2.13. The molecule has 1 N–H and O–H groups in total. The van der Waals surface area contributed by atoms with Crippen LogP contribution >= 0.6 is 35.1 Å². The summed E-state index contributed by atoms with van der Waals surface area (Å²) in [6.07, 6.45) is 0. The van der Waals surface area contributed by atoms with Crippen LogP contribution in [0.15, 0.2) is 47.4 Å². The van der Waals surface area contributed by atoms with Crippen LogP contribution in [0.25, 0.3) is 0 Å². The number of rotatable bonds is 4. The molecule has 2 aromatic rings. The minimum atomic E-state index is -3.70. The number of hydrogen-bond acceptors (Lipinski definition) is 4. The van der Waals surface area contributed by atoms with Gasteiger partial charge in [0.2, 0.25) is 0 Å². The van der Waals surface area contributed by atoms with E-state index < -0.39 is 10.0 Å². The van der Waals surface area contributed by atoms with Gasteiger partial charge in [-0.05, 0) is 42.3 Å². The zero-order valence-corrected chi connectivity index (χ0v) is 15.7. The monoisotopic (exact) mass is 385 g/mol. The van der Waals surface area contributed by atoms with Crippen LogP contribution < -0.4 is 4.72 Å². The minimum Gasteiger partial charge on any atom is -0.280 e. The van der Waals surface area contributed by atoms with Crippen molar-refractivity contribution in [2.24, 2.45) is 0 Å². The molecule has 0 amide bonds. The van der Waals surface area contributed by atoms with Crippen molar-refractivity contribution in [3.8, 4) is 0 Å². The maximum atomic E-state index is 12.6. The first kappa shape index (κ1) is 17.0. The first-order valence-corrected chi connectivity index (χ1v) is 11.0. The summed E-state index contributed by atoms with van der Waals surface area (Å²) >= 11 is 9.86. The first-order chi connectivity index (χ1) is 11.0. The Balaban J connectivity index is 1.87. The SMILES string of the molecule is Cc1ccc(S(=O)(=O)Nc2cccc(C3SCCS3)c2)c(Cl)c1. The molecule has 3 rings (SSSR count). The molecule has 7 heteroatoms. The van der Waals surface area contributed by atoms with Gasteiger partial charge >= 0.3 is 0 Å². The summed E-state index contributed by atoms with van der Waals surface area (Å²) in [5, 5.41) is 0.232. The van der Waals surface area contributed by atoms with Gasteiger partial charge in [0, 0.05) is 17.2 Å². The Morgan fingerprint density at radius 2 is 1.87 bits per heavy atom. The van der Waals surface area contributed by atoms with Crippen LogP contribution in [-0.2, 0) is 10.0 Å². The van der Waals surface area contributed by atoms with E-state index in [4.69, 9.17) is 11.6 Å². The van der Waals surface area contributed by atoms with Crippen LogP contribution in [0.1, 0.15) is 15.7 Å². The van der Waals surface area contributed by atoms with E-state index in [1.807, 2.05) is 48.6 Å². The maximum Gasteiger partial charge on any atom is 0.263 e. The van der Waals surface area contributed by atoms with E-state index in [0.717, 1.165) is 22.6 Å². The van der Waals surface area contributed by atoms with Gasteiger partial charge in [0.25, 0.3) is 10.0 Å². The van der Waals surface area contributed by atoms with Crippen LogP contribution in [0.4, 0.5) is 5.69 Å². The van der Waals surface area contributed by atoms with E-state index in [-0.39, 0.29) is 9.92 Å². The molecule has 1 aliphatic rings. The molecule has 0 atom stereocenters. The molecule has 122 valence electrons. The standard InChI is InChI=1S/C16H16ClNO2S3/c1-11-5-6-15(14(17)9-11)23(19,20)18-13-4-2-3-12(10-13)16-21-7-8-22-16/h2-6,9-10,16,18H,7-8H2,1H3. The number of thioether (sulfide) groups is 2. The third-order valence-electron chi connectivity index (χ3n) is 3.41. The number of anilines is 1. The van der Waals surface area contributed by atoms with Crippen molar-refractivity contribution in [3.05, 3.63) is 58.6 Å². The second-order valence-electron chi connectivity index (χ2n) is 5.24. The molecule has 1 aliphatic heterocycles. The molecule has 0 spiro atoms. The van der Waals surface area contributed by atoms with Gasteiger partial charge < -0.3 is 0 Å². The van der Waals surface area contributed by atoms with Crippen molar-refractivity contribution in [3.63, 3.8) is 0 Å². The minimum absolute atomic E-state index is 0.0970. The lowest BCUT2D eigenvalue weighted by atomic mass is 10.2. The van der Waals surface area contributed by atoms with E-state index in [9.17, 15) is 8.42 Å². The molecule has 0 unspecified atom stereocenters. The van der Waals surface area contributed by atoms with Crippen molar-refractivity contribution in [2.75, 3.05) is 16.2 Å². The summed E-state index contributed by atoms with van der Waals surface area (Å²) in [4.78, 5) is 0.0970. The number of aryl methyl sites for hydroxylation is 1. The highest BCUT2D eigenvalue weighted by atomic mass is 35.5. The predicted molar refractivity (Wildman–Crippen MR) is 101 cm³/mol. The molecule has 23 heavy (non-hydrogen) atoms. The topological polar surface area (TPSA) is 46.2 Å².